The lowest BCUT2D eigenvalue weighted by molar-refractivity contribution is 0.234. The fourth-order valence-electron chi connectivity index (χ4n) is 3.67. The van der Waals surface area contributed by atoms with Gasteiger partial charge in [0.1, 0.15) is 4.99 Å². The topological polar surface area (TPSA) is 32.3 Å². The first-order valence-electron chi connectivity index (χ1n) is 8.87. The average molecular weight is 362 g/mol. The van der Waals surface area contributed by atoms with Crippen molar-refractivity contribution in [1.29, 1.82) is 0 Å². The van der Waals surface area contributed by atoms with Gasteiger partial charge in [0.05, 0.1) is 0 Å². The molecule has 0 spiro atoms. The smallest absolute Gasteiger partial charge is 0.100 e. The van der Waals surface area contributed by atoms with Crippen LogP contribution in [0.15, 0.2) is 91.0 Å². The van der Waals surface area contributed by atoms with Gasteiger partial charge >= 0.3 is 0 Å². The zero-order valence-corrected chi connectivity index (χ0v) is 15.5. The molecule has 0 unspecified atom stereocenters. The van der Waals surface area contributed by atoms with E-state index in [0.29, 0.717) is 11.4 Å². The summed E-state index contributed by atoms with van der Waals surface area (Å²) in [5.41, 5.74) is 5.64. The molecule has 0 atom stereocenters. The number of hydrogen-bond donors (Lipinski definition) is 2. The quantitative estimate of drug-likeness (QED) is 0.331. The average Bonchev–Trinajstić information content (AvgIpc) is 2.73. The van der Waals surface area contributed by atoms with E-state index in [-0.39, 0.29) is 5.41 Å². The second-order valence-electron chi connectivity index (χ2n) is 6.39. The second kappa shape index (κ2) is 8.75. The predicted octanol–water partition coefficient (Wildman–Crippen LogP) is 5.50. The Balaban J connectivity index is 2.13. The summed E-state index contributed by atoms with van der Waals surface area (Å²) in [4.78, 5) is 0.480. The van der Waals surface area contributed by atoms with E-state index >= 15 is 0 Å². The highest BCUT2D eigenvalue weighted by atomic mass is 32.1. The Bertz CT molecular complexity index is 722. The maximum atomic E-state index is 9.02. The highest BCUT2D eigenvalue weighted by Crippen LogP contribution is 2.43. The maximum absolute atomic E-state index is 9.02. The summed E-state index contributed by atoms with van der Waals surface area (Å²) in [6, 6.07) is 31.9. The lowest BCUT2D eigenvalue weighted by Crippen LogP contribution is -2.30. The van der Waals surface area contributed by atoms with Gasteiger partial charge in [0.15, 0.2) is 0 Å². The standard InChI is InChI=1S/C23H23NOS/c25-24-22(26)17-10-18-23(19-11-4-1-5-12-19,20-13-6-2-7-14-20)21-15-8-3-9-16-21/h1-9,11-16,25H,10,17-18H2,(H,24,26). The van der Waals surface area contributed by atoms with Crippen LogP contribution in [0, 0.1) is 0 Å². The largest absolute Gasteiger partial charge is 0.291 e. The minimum Gasteiger partial charge on any atom is -0.291 e. The van der Waals surface area contributed by atoms with Gasteiger partial charge in [-0.15, -0.1) is 0 Å². The molecule has 3 aromatic carbocycles. The molecule has 0 aromatic heterocycles. The molecule has 2 nitrogen and oxygen atoms in total. The van der Waals surface area contributed by atoms with Gasteiger partial charge in [0.25, 0.3) is 0 Å². The van der Waals surface area contributed by atoms with Crippen molar-refractivity contribution in [3.63, 3.8) is 0 Å². The van der Waals surface area contributed by atoms with Gasteiger partial charge in [0.2, 0.25) is 0 Å². The van der Waals surface area contributed by atoms with E-state index < -0.39 is 0 Å². The third kappa shape index (κ3) is 3.85. The van der Waals surface area contributed by atoms with E-state index in [2.05, 4.69) is 96.5 Å². The molecule has 0 radical (unpaired) electrons. The van der Waals surface area contributed by atoms with Crippen LogP contribution in [-0.4, -0.2) is 10.2 Å². The Morgan fingerprint density at radius 3 is 1.46 bits per heavy atom. The van der Waals surface area contributed by atoms with Crippen LogP contribution in [0.1, 0.15) is 36.0 Å². The van der Waals surface area contributed by atoms with Gasteiger partial charge < -0.3 is 0 Å². The molecule has 26 heavy (non-hydrogen) atoms. The summed E-state index contributed by atoms with van der Waals surface area (Å²) in [7, 11) is 0. The van der Waals surface area contributed by atoms with Crippen LogP contribution in [0.4, 0.5) is 0 Å². The molecule has 0 fully saturated rings. The Morgan fingerprint density at radius 2 is 1.12 bits per heavy atom. The van der Waals surface area contributed by atoms with Gasteiger partial charge in [-0.25, -0.2) is 0 Å². The first-order valence-corrected chi connectivity index (χ1v) is 9.28. The fourth-order valence-corrected chi connectivity index (χ4v) is 3.82. The van der Waals surface area contributed by atoms with Crippen molar-refractivity contribution in [1.82, 2.24) is 5.48 Å². The highest BCUT2D eigenvalue weighted by Gasteiger charge is 2.35. The summed E-state index contributed by atoms with van der Waals surface area (Å²) in [5.74, 6) is 0. The summed E-state index contributed by atoms with van der Waals surface area (Å²) in [6.45, 7) is 0. The third-order valence-electron chi connectivity index (χ3n) is 4.88. The molecule has 3 aromatic rings. The first kappa shape index (κ1) is 18.3. The second-order valence-corrected chi connectivity index (χ2v) is 6.88. The first-order chi connectivity index (χ1) is 12.8. The summed E-state index contributed by atoms with van der Waals surface area (Å²) in [5, 5.41) is 9.02. The SMILES string of the molecule is ONC(=S)CCCC(c1ccccc1)(c1ccccc1)c1ccccc1. The van der Waals surface area contributed by atoms with Gasteiger partial charge in [0, 0.05) is 5.41 Å². The van der Waals surface area contributed by atoms with Crippen LogP contribution in [0.3, 0.4) is 0 Å². The van der Waals surface area contributed by atoms with Crippen molar-refractivity contribution in [3.8, 4) is 0 Å². The Labute approximate surface area is 160 Å². The fraction of sp³-hybridized carbons (Fsp3) is 0.174. The van der Waals surface area contributed by atoms with Crippen molar-refractivity contribution in [3.05, 3.63) is 108 Å². The number of hydroxylamine groups is 1. The van der Waals surface area contributed by atoms with Crippen molar-refractivity contribution >= 4 is 17.2 Å². The minimum absolute atomic E-state index is 0.255. The molecule has 0 heterocycles. The molecular weight excluding hydrogens is 338 g/mol. The van der Waals surface area contributed by atoms with Crippen LogP contribution < -0.4 is 5.48 Å². The van der Waals surface area contributed by atoms with E-state index in [4.69, 9.17) is 17.4 Å². The molecule has 3 rings (SSSR count). The molecule has 132 valence electrons. The number of thiocarbonyl (C=S) groups is 1. The number of nitrogens with one attached hydrogen (secondary N) is 1. The van der Waals surface area contributed by atoms with Crippen LogP contribution in [0.25, 0.3) is 0 Å². The van der Waals surface area contributed by atoms with E-state index in [0.717, 1.165) is 12.8 Å². The maximum Gasteiger partial charge on any atom is 0.100 e. The number of rotatable bonds is 7. The molecule has 0 saturated heterocycles. The Hall–Kier alpha value is -2.49. The van der Waals surface area contributed by atoms with E-state index in [1.165, 1.54) is 16.7 Å². The third-order valence-corrected chi connectivity index (χ3v) is 5.18. The number of benzene rings is 3. The molecule has 0 saturated carbocycles. The number of hydrogen-bond acceptors (Lipinski definition) is 2. The molecule has 2 N–H and O–H groups in total. The minimum atomic E-state index is -0.255. The lowest BCUT2D eigenvalue weighted by Gasteiger charge is -2.36. The zero-order valence-electron chi connectivity index (χ0n) is 14.6. The van der Waals surface area contributed by atoms with Crippen LogP contribution >= 0.6 is 12.2 Å². The van der Waals surface area contributed by atoms with Crippen molar-refractivity contribution in [2.45, 2.75) is 24.7 Å². The summed E-state index contributed by atoms with van der Waals surface area (Å²) >= 11 is 5.13. The van der Waals surface area contributed by atoms with Crippen molar-refractivity contribution < 1.29 is 5.21 Å². The lowest BCUT2D eigenvalue weighted by atomic mass is 9.66. The van der Waals surface area contributed by atoms with E-state index in [9.17, 15) is 0 Å². The van der Waals surface area contributed by atoms with Gasteiger partial charge in [-0.2, -0.15) is 0 Å². The molecule has 0 aliphatic carbocycles. The zero-order chi connectivity index (χ0) is 18.2. The predicted molar refractivity (Wildman–Crippen MR) is 111 cm³/mol. The Morgan fingerprint density at radius 1 is 0.731 bits per heavy atom. The molecule has 0 amide bonds. The molecule has 0 aliphatic heterocycles. The van der Waals surface area contributed by atoms with E-state index in [1.807, 2.05) is 0 Å². The molecular formula is C23H23NOS. The van der Waals surface area contributed by atoms with Crippen LogP contribution in [-0.2, 0) is 5.41 Å². The monoisotopic (exact) mass is 361 g/mol. The van der Waals surface area contributed by atoms with Crippen molar-refractivity contribution in [2.75, 3.05) is 0 Å². The molecule has 0 bridgehead atoms. The van der Waals surface area contributed by atoms with Gasteiger partial charge in [-0.1, -0.05) is 103 Å². The summed E-state index contributed by atoms with van der Waals surface area (Å²) in [6.07, 6.45) is 2.41. The van der Waals surface area contributed by atoms with Crippen LogP contribution in [0.2, 0.25) is 0 Å². The highest BCUT2D eigenvalue weighted by molar-refractivity contribution is 7.80. The summed E-state index contributed by atoms with van der Waals surface area (Å²) < 4.78 is 0. The molecule has 0 aliphatic rings. The molecule has 3 heteroatoms. The van der Waals surface area contributed by atoms with Crippen molar-refractivity contribution in [2.24, 2.45) is 0 Å². The Kier molecular flexibility index (Phi) is 6.16. The van der Waals surface area contributed by atoms with Gasteiger partial charge in [-0.3, -0.25) is 10.7 Å². The van der Waals surface area contributed by atoms with Crippen LogP contribution in [0.5, 0.6) is 0 Å². The van der Waals surface area contributed by atoms with Gasteiger partial charge in [-0.05, 0) is 36.0 Å². The normalized spacial score (nSPS) is 11.1. The van der Waals surface area contributed by atoms with E-state index in [1.54, 1.807) is 0 Å².